The van der Waals surface area contributed by atoms with E-state index in [1.807, 2.05) is 4.90 Å². The summed E-state index contributed by atoms with van der Waals surface area (Å²) in [4.78, 5) is 13.8. The van der Waals surface area contributed by atoms with Gasteiger partial charge in [-0.3, -0.25) is 4.79 Å². The third kappa shape index (κ3) is 2.21. The second kappa shape index (κ2) is 3.66. The number of amides is 1. The Morgan fingerprint density at radius 1 is 1.54 bits per heavy atom. The average Bonchev–Trinajstić information content (AvgIpc) is 2.89. The van der Waals surface area contributed by atoms with Crippen molar-refractivity contribution in [2.24, 2.45) is 5.92 Å². The smallest absolute Gasteiger partial charge is 0.223 e. The van der Waals surface area contributed by atoms with E-state index in [4.69, 9.17) is 0 Å². The van der Waals surface area contributed by atoms with E-state index in [-0.39, 0.29) is 0 Å². The van der Waals surface area contributed by atoms with Crippen LogP contribution >= 0.6 is 0 Å². The molecule has 2 rings (SSSR count). The summed E-state index contributed by atoms with van der Waals surface area (Å²) in [6.45, 7) is 4.93. The van der Waals surface area contributed by atoms with E-state index >= 15 is 0 Å². The Bertz CT molecular complexity index is 201. The zero-order chi connectivity index (χ0) is 9.26. The zero-order valence-corrected chi connectivity index (χ0v) is 8.25. The normalized spacial score (nSPS) is 29.0. The summed E-state index contributed by atoms with van der Waals surface area (Å²) in [6.07, 6.45) is 3.34. The number of rotatable bonds is 2. The number of carbonyl (C=O) groups excluding carboxylic acids is 1. The first-order valence-electron chi connectivity index (χ1n) is 5.27. The van der Waals surface area contributed by atoms with Gasteiger partial charge in [0.15, 0.2) is 0 Å². The highest BCUT2D eigenvalue weighted by Gasteiger charge is 2.29. The number of nitrogens with one attached hydrogen (secondary N) is 1. The van der Waals surface area contributed by atoms with E-state index in [2.05, 4.69) is 12.2 Å². The quantitative estimate of drug-likeness (QED) is 0.678. The van der Waals surface area contributed by atoms with Gasteiger partial charge in [-0.25, -0.2) is 0 Å². The highest BCUT2D eigenvalue weighted by molar-refractivity contribution is 5.77. The molecule has 0 bridgehead atoms. The second-order valence-electron chi connectivity index (χ2n) is 4.29. The lowest BCUT2D eigenvalue weighted by atomic mass is 10.2. The molecule has 13 heavy (non-hydrogen) atoms. The zero-order valence-electron chi connectivity index (χ0n) is 8.25. The fourth-order valence-corrected chi connectivity index (χ4v) is 1.90. The molecule has 1 aliphatic carbocycles. The number of carbonyl (C=O) groups is 1. The summed E-state index contributed by atoms with van der Waals surface area (Å²) in [6, 6.07) is 0.389. The first-order valence-corrected chi connectivity index (χ1v) is 5.27. The van der Waals surface area contributed by atoms with Gasteiger partial charge < -0.3 is 10.2 Å². The van der Waals surface area contributed by atoms with Gasteiger partial charge in [-0.05, 0) is 25.7 Å². The minimum atomic E-state index is 0.372. The van der Waals surface area contributed by atoms with Gasteiger partial charge in [0.2, 0.25) is 5.91 Å². The van der Waals surface area contributed by atoms with Gasteiger partial charge in [0, 0.05) is 32.1 Å². The van der Waals surface area contributed by atoms with E-state index < -0.39 is 0 Å². The van der Waals surface area contributed by atoms with Crippen molar-refractivity contribution in [3.8, 4) is 0 Å². The summed E-state index contributed by atoms with van der Waals surface area (Å²) in [5.74, 6) is 1.09. The number of piperazine rings is 1. The molecule has 1 aliphatic heterocycles. The molecule has 0 aromatic rings. The molecule has 3 nitrogen and oxygen atoms in total. The molecule has 1 amide bonds. The van der Waals surface area contributed by atoms with Gasteiger partial charge in [-0.1, -0.05) is 0 Å². The van der Waals surface area contributed by atoms with Crippen LogP contribution in [0.5, 0.6) is 0 Å². The molecule has 0 aromatic carbocycles. The van der Waals surface area contributed by atoms with Gasteiger partial charge >= 0.3 is 0 Å². The monoisotopic (exact) mass is 182 g/mol. The van der Waals surface area contributed by atoms with Crippen LogP contribution < -0.4 is 5.32 Å². The van der Waals surface area contributed by atoms with Crippen LogP contribution in [0.25, 0.3) is 0 Å². The molecule has 1 unspecified atom stereocenters. The van der Waals surface area contributed by atoms with E-state index in [0.29, 0.717) is 11.9 Å². The molecule has 2 fully saturated rings. The predicted octanol–water partition coefficient (Wildman–Crippen LogP) is 0.607. The van der Waals surface area contributed by atoms with Crippen LogP contribution in [-0.4, -0.2) is 36.5 Å². The molecule has 2 aliphatic rings. The van der Waals surface area contributed by atoms with Crippen molar-refractivity contribution in [3.63, 3.8) is 0 Å². The largest absolute Gasteiger partial charge is 0.337 e. The lowest BCUT2D eigenvalue weighted by molar-refractivity contribution is -0.134. The van der Waals surface area contributed by atoms with E-state index in [0.717, 1.165) is 32.0 Å². The van der Waals surface area contributed by atoms with Crippen LogP contribution in [-0.2, 0) is 4.79 Å². The van der Waals surface area contributed by atoms with Crippen LogP contribution in [0.3, 0.4) is 0 Å². The maximum absolute atomic E-state index is 11.8. The van der Waals surface area contributed by atoms with Crippen LogP contribution in [0.1, 0.15) is 26.2 Å². The van der Waals surface area contributed by atoms with Gasteiger partial charge in [0.1, 0.15) is 0 Å². The Kier molecular flexibility index (Phi) is 2.54. The van der Waals surface area contributed by atoms with E-state index in [1.165, 1.54) is 12.8 Å². The molecular formula is C10H18N2O. The van der Waals surface area contributed by atoms with Crippen molar-refractivity contribution < 1.29 is 4.79 Å². The predicted molar refractivity (Wildman–Crippen MR) is 51.4 cm³/mol. The molecular weight excluding hydrogens is 164 g/mol. The van der Waals surface area contributed by atoms with E-state index in [1.54, 1.807) is 0 Å². The molecule has 0 radical (unpaired) electrons. The number of nitrogens with zero attached hydrogens (tertiary/aromatic N) is 1. The minimum Gasteiger partial charge on any atom is -0.337 e. The summed E-state index contributed by atoms with van der Waals surface area (Å²) >= 11 is 0. The lowest BCUT2D eigenvalue weighted by Crippen LogP contribution is -2.52. The number of hydrogen-bond acceptors (Lipinski definition) is 2. The number of hydrogen-bond donors (Lipinski definition) is 1. The van der Waals surface area contributed by atoms with Crippen molar-refractivity contribution in [1.29, 1.82) is 0 Å². The topological polar surface area (TPSA) is 32.3 Å². The van der Waals surface area contributed by atoms with Crippen molar-refractivity contribution in [3.05, 3.63) is 0 Å². The first-order chi connectivity index (χ1) is 6.27. The summed E-state index contributed by atoms with van der Waals surface area (Å²) < 4.78 is 0. The van der Waals surface area contributed by atoms with Gasteiger partial charge in [0.05, 0.1) is 0 Å². The molecule has 1 heterocycles. The molecule has 3 heteroatoms. The summed E-state index contributed by atoms with van der Waals surface area (Å²) in [5, 5.41) is 3.29. The minimum absolute atomic E-state index is 0.372. The maximum atomic E-state index is 11.8. The summed E-state index contributed by atoms with van der Waals surface area (Å²) in [7, 11) is 0. The van der Waals surface area contributed by atoms with Gasteiger partial charge in [0.25, 0.3) is 0 Å². The van der Waals surface area contributed by atoms with Crippen molar-refractivity contribution in [2.75, 3.05) is 19.6 Å². The Hall–Kier alpha value is -0.570. The Morgan fingerprint density at radius 3 is 2.92 bits per heavy atom. The average molecular weight is 182 g/mol. The molecule has 0 aromatic heterocycles. The standard InChI is InChI=1S/C10H18N2O/c1-8-7-11-4-5-12(8)10(13)6-9-2-3-9/h8-9,11H,2-7H2,1H3. The molecule has 0 spiro atoms. The third-order valence-electron chi connectivity index (χ3n) is 2.98. The van der Waals surface area contributed by atoms with Crippen LogP contribution in [0.2, 0.25) is 0 Å². The maximum Gasteiger partial charge on any atom is 0.223 e. The molecule has 1 saturated heterocycles. The third-order valence-corrected chi connectivity index (χ3v) is 2.98. The first kappa shape index (κ1) is 9.00. The molecule has 74 valence electrons. The summed E-state index contributed by atoms with van der Waals surface area (Å²) in [5.41, 5.74) is 0. The van der Waals surface area contributed by atoms with Crippen molar-refractivity contribution in [2.45, 2.75) is 32.2 Å². The van der Waals surface area contributed by atoms with Crippen molar-refractivity contribution >= 4 is 5.91 Å². The Labute approximate surface area is 79.5 Å². The Morgan fingerprint density at radius 2 is 2.31 bits per heavy atom. The van der Waals surface area contributed by atoms with Gasteiger partial charge in [-0.15, -0.1) is 0 Å². The fraction of sp³-hybridized carbons (Fsp3) is 0.900. The highest BCUT2D eigenvalue weighted by atomic mass is 16.2. The van der Waals surface area contributed by atoms with Crippen LogP contribution in [0.4, 0.5) is 0 Å². The molecule has 1 N–H and O–H groups in total. The highest BCUT2D eigenvalue weighted by Crippen LogP contribution is 2.33. The molecule has 1 saturated carbocycles. The molecule has 1 atom stereocenters. The lowest BCUT2D eigenvalue weighted by Gasteiger charge is -2.34. The second-order valence-corrected chi connectivity index (χ2v) is 4.29. The Balaban J connectivity index is 1.85. The SMILES string of the molecule is CC1CNCCN1C(=O)CC1CC1. The van der Waals surface area contributed by atoms with E-state index in [9.17, 15) is 4.79 Å². The van der Waals surface area contributed by atoms with Crippen LogP contribution in [0.15, 0.2) is 0 Å². The fourth-order valence-electron chi connectivity index (χ4n) is 1.90. The van der Waals surface area contributed by atoms with Crippen molar-refractivity contribution in [1.82, 2.24) is 10.2 Å². The van der Waals surface area contributed by atoms with Gasteiger partial charge in [-0.2, -0.15) is 0 Å². The van der Waals surface area contributed by atoms with Crippen LogP contribution in [0, 0.1) is 5.92 Å².